The van der Waals surface area contributed by atoms with Crippen molar-refractivity contribution in [3.63, 3.8) is 0 Å². The number of methoxy groups -OCH3 is 1. The highest BCUT2D eigenvalue weighted by Gasteiger charge is 2.10. The molecule has 1 aromatic carbocycles. The van der Waals surface area contributed by atoms with Crippen LogP contribution >= 0.6 is 22.9 Å². The van der Waals surface area contributed by atoms with Crippen molar-refractivity contribution in [1.29, 1.82) is 0 Å². The third-order valence-corrected chi connectivity index (χ3v) is 4.08. The number of halogens is 1. The average Bonchev–Trinajstić information content (AvgIpc) is 2.85. The van der Waals surface area contributed by atoms with Crippen LogP contribution in [0.4, 0.5) is 5.69 Å². The van der Waals surface area contributed by atoms with E-state index in [1.54, 1.807) is 25.3 Å². The largest absolute Gasteiger partial charge is 0.497 e. The van der Waals surface area contributed by atoms with Crippen molar-refractivity contribution >= 4 is 34.5 Å². The summed E-state index contributed by atoms with van der Waals surface area (Å²) in [5, 5.41) is 2.84. The minimum atomic E-state index is -0.205. The van der Waals surface area contributed by atoms with Crippen molar-refractivity contribution in [2.24, 2.45) is 0 Å². The molecule has 0 unspecified atom stereocenters. The molecule has 0 bridgehead atoms. The molecule has 1 aromatic heterocycles. The Bertz CT molecular complexity index is 613. The molecule has 0 radical (unpaired) electrons. The number of hydrogen-bond donors (Lipinski definition) is 2. The Kier molecular flexibility index (Phi) is 4.87. The Hall–Kier alpha value is -1.72. The lowest BCUT2D eigenvalue weighted by Gasteiger charge is -2.08. The van der Waals surface area contributed by atoms with Gasteiger partial charge in [-0.05, 0) is 36.8 Å². The third kappa shape index (κ3) is 3.65. The molecule has 6 heteroatoms. The first-order chi connectivity index (χ1) is 9.60. The van der Waals surface area contributed by atoms with Crippen LogP contribution in [-0.2, 0) is 6.42 Å². The van der Waals surface area contributed by atoms with Gasteiger partial charge in [-0.25, -0.2) is 0 Å². The van der Waals surface area contributed by atoms with Crippen molar-refractivity contribution in [1.82, 2.24) is 5.32 Å². The number of ether oxygens (including phenoxy) is 1. The standard InChI is InChI=1S/C14H15ClN2O2S/c1-19-9-2-4-12(16)11(8-9)14(18)17-7-6-10-3-5-13(15)20-10/h2-5,8H,6-7,16H2,1H3,(H,17,18). The van der Waals surface area contributed by atoms with E-state index in [4.69, 9.17) is 22.1 Å². The van der Waals surface area contributed by atoms with Gasteiger partial charge in [0.25, 0.3) is 5.91 Å². The Labute approximate surface area is 126 Å². The summed E-state index contributed by atoms with van der Waals surface area (Å²) in [5.41, 5.74) is 6.66. The summed E-state index contributed by atoms with van der Waals surface area (Å²) < 4.78 is 5.84. The second-order valence-corrected chi connectivity index (χ2v) is 5.96. The molecule has 1 amide bonds. The van der Waals surface area contributed by atoms with Gasteiger partial charge in [0.15, 0.2) is 0 Å². The van der Waals surface area contributed by atoms with E-state index in [9.17, 15) is 4.79 Å². The molecular formula is C14H15ClN2O2S. The Morgan fingerprint density at radius 2 is 2.20 bits per heavy atom. The molecule has 0 fully saturated rings. The number of nitrogen functional groups attached to an aromatic ring is 1. The van der Waals surface area contributed by atoms with E-state index in [0.717, 1.165) is 15.6 Å². The predicted molar refractivity (Wildman–Crippen MR) is 82.8 cm³/mol. The molecule has 2 rings (SSSR count). The molecule has 0 aliphatic carbocycles. The van der Waals surface area contributed by atoms with Crippen molar-refractivity contribution in [2.45, 2.75) is 6.42 Å². The normalized spacial score (nSPS) is 10.3. The Morgan fingerprint density at radius 3 is 2.85 bits per heavy atom. The Balaban J connectivity index is 1.94. The molecule has 0 atom stereocenters. The molecule has 0 saturated heterocycles. The van der Waals surface area contributed by atoms with Crippen LogP contribution in [0.15, 0.2) is 30.3 Å². The fraction of sp³-hybridized carbons (Fsp3) is 0.214. The summed E-state index contributed by atoms with van der Waals surface area (Å²) in [6, 6.07) is 8.82. The van der Waals surface area contributed by atoms with Crippen LogP contribution in [0.1, 0.15) is 15.2 Å². The second kappa shape index (κ2) is 6.63. The van der Waals surface area contributed by atoms with Gasteiger partial charge in [-0.3, -0.25) is 4.79 Å². The molecule has 3 N–H and O–H groups in total. The number of nitrogens with one attached hydrogen (secondary N) is 1. The lowest BCUT2D eigenvalue weighted by atomic mass is 10.1. The maximum absolute atomic E-state index is 12.1. The molecule has 2 aromatic rings. The van der Waals surface area contributed by atoms with Crippen molar-refractivity contribution in [2.75, 3.05) is 19.4 Å². The van der Waals surface area contributed by atoms with E-state index in [-0.39, 0.29) is 5.91 Å². The minimum Gasteiger partial charge on any atom is -0.497 e. The number of amides is 1. The molecule has 0 aliphatic heterocycles. The average molecular weight is 311 g/mol. The predicted octanol–water partition coefficient (Wildman–Crippen LogP) is 2.96. The summed E-state index contributed by atoms with van der Waals surface area (Å²) in [7, 11) is 1.55. The summed E-state index contributed by atoms with van der Waals surface area (Å²) in [6.45, 7) is 0.534. The maximum Gasteiger partial charge on any atom is 0.253 e. The number of carbonyl (C=O) groups is 1. The van der Waals surface area contributed by atoms with Crippen LogP contribution in [0.2, 0.25) is 4.34 Å². The van der Waals surface area contributed by atoms with Crippen LogP contribution in [0.3, 0.4) is 0 Å². The lowest BCUT2D eigenvalue weighted by molar-refractivity contribution is 0.0955. The van der Waals surface area contributed by atoms with Gasteiger partial charge < -0.3 is 15.8 Å². The third-order valence-electron chi connectivity index (χ3n) is 2.79. The van der Waals surface area contributed by atoms with Gasteiger partial charge in [0.2, 0.25) is 0 Å². The number of thiophene rings is 1. The summed E-state index contributed by atoms with van der Waals surface area (Å²) >= 11 is 7.37. The van der Waals surface area contributed by atoms with Crippen LogP contribution in [0, 0.1) is 0 Å². The first kappa shape index (κ1) is 14.7. The van der Waals surface area contributed by atoms with Gasteiger partial charge in [0.05, 0.1) is 17.0 Å². The molecule has 0 saturated carbocycles. The zero-order valence-corrected chi connectivity index (χ0v) is 12.6. The highest BCUT2D eigenvalue weighted by atomic mass is 35.5. The van der Waals surface area contributed by atoms with Gasteiger partial charge in [0.1, 0.15) is 5.75 Å². The monoisotopic (exact) mass is 310 g/mol. The fourth-order valence-electron chi connectivity index (χ4n) is 1.74. The second-order valence-electron chi connectivity index (χ2n) is 4.16. The number of hydrogen-bond acceptors (Lipinski definition) is 4. The van der Waals surface area contributed by atoms with Crippen LogP contribution in [-0.4, -0.2) is 19.6 Å². The topological polar surface area (TPSA) is 64.3 Å². The molecular weight excluding hydrogens is 296 g/mol. The quantitative estimate of drug-likeness (QED) is 0.835. The zero-order valence-electron chi connectivity index (χ0n) is 11.0. The minimum absolute atomic E-state index is 0.205. The van der Waals surface area contributed by atoms with E-state index in [1.807, 2.05) is 12.1 Å². The molecule has 106 valence electrons. The van der Waals surface area contributed by atoms with Gasteiger partial charge in [0, 0.05) is 17.1 Å². The summed E-state index contributed by atoms with van der Waals surface area (Å²) in [6.07, 6.45) is 0.743. The van der Waals surface area contributed by atoms with E-state index in [2.05, 4.69) is 5.32 Å². The number of benzene rings is 1. The number of anilines is 1. The number of nitrogens with two attached hydrogens (primary N) is 1. The molecule has 1 heterocycles. The molecule has 20 heavy (non-hydrogen) atoms. The highest BCUT2D eigenvalue weighted by Crippen LogP contribution is 2.22. The number of rotatable bonds is 5. The van der Waals surface area contributed by atoms with Crippen LogP contribution in [0.5, 0.6) is 5.75 Å². The lowest BCUT2D eigenvalue weighted by Crippen LogP contribution is -2.26. The Morgan fingerprint density at radius 1 is 1.40 bits per heavy atom. The molecule has 0 aliphatic rings. The zero-order chi connectivity index (χ0) is 14.5. The van der Waals surface area contributed by atoms with Crippen LogP contribution in [0.25, 0.3) is 0 Å². The van der Waals surface area contributed by atoms with E-state index in [0.29, 0.717) is 23.5 Å². The summed E-state index contributed by atoms with van der Waals surface area (Å²) in [4.78, 5) is 13.2. The van der Waals surface area contributed by atoms with E-state index >= 15 is 0 Å². The fourth-order valence-corrected chi connectivity index (χ4v) is 2.83. The highest BCUT2D eigenvalue weighted by molar-refractivity contribution is 7.16. The first-order valence-electron chi connectivity index (χ1n) is 6.06. The van der Waals surface area contributed by atoms with Gasteiger partial charge in [-0.2, -0.15) is 0 Å². The van der Waals surface area contributed by atoms with Crippen molar-refractivity contribution < 1.29 is 9.53 Å². The van der Waals surface area contributed by atoms with Crippen molar-refractivity contribution in [3.8, 4) is 5.75 Å². The van der Waals surface area contributed by atoms with Gasteiger partial charge in [-0.1, -0.05) is 11.6 Å². The van der Waals surface area contributed by atoms with Gasteiger partial charge >= 0.3 is 0 Å². The first-order valence-corrected chi connectivity index (χ1v) is 7.25. The van der Waals surface area contributed by atoms with Gasteiger partial charge in [-0.15, -0.1) is 11.3 Å². The van der Waals surface area contributed by atoms with E-state index < -0.39 is 0 Å². The van der Waals surface area contributed by atoms with Crippen molar-refractivity contribution in [3.05, 3.63) is 45.1 Å². The number of carbonyl (C=O) groups excluding carboxylic acids is 1. The van der Waals surface area contributed by atoms with Crippen LogP contribution < -0.4 is 15.8 Å². The molecule has 4 nitrogen and oxygen atoms in total. The van der Waals surface area contributed by atoms with E-state index in [1.165, 1.54) is 11.3 Å². The SMILES string of the molecule is COc1ccc(N)c(C(=O)NCCc2ccc(Cl)s2)c1. The smallest absolute Gasteiger partial charge is 0.253 e. The maximum atomic E-state index is 12.1. The molecule has 0 spiro atoms. The summed E-state index contributed by atoms with van der Waals surface area (Å²) in [5.74, 6) is 0.401.